The SMILES string of the molecule is Oc1cccc(C2OCCc3cc(O)c(O)cc32)c1. The van der Waals surface area contributed by atoms with Gasteiger partial charge in [-0.2, -0.15) is 0 Å². The van der Waals surface area contributed by atoms with Crippen molar-refractivity contribution in [1.29, 1.82) is 0 Å². The fourth-order valence-electron chi connectivity index (χ4n) is 2.44. The van der Waals surface area contributed by atoms with Crippen LogP contribution in [0.25, 0.3) is 0 Å². The van der Waals surface area contributed by atoms with E-state index in [9.17, 15) is 15.3 Å². The van der Waals surface area contributed by atoms with Crippen LogP contribution in [-0.2, 0) is 11.2 Å². The number of rotatable bonds is 1. The van der Waals surface area contributed by atoms with Crippen molar-refractivity contribution in [1.82, 2.24) is 0 Å². The van der Waals surface area contributed by atoms with Gasteiger partial charge in [-0.3, -0.25) is 0 Å². The van der Waals surface area contributed by atoms with E-state index in [1.54, 1.807) is 24.3 Å². The molecule has 4 heteroatoms. The highest BCUT2D eigenvalue weighted by Gasteiger charge is 2.24. The summed E-state index contributed by atoms with van der Waals surface area (Å²) in [6.07, 6.45) is 0.362. The maximum atomic E-state index is 9.64. The summed E-state index contributed by atoms with van der Waals surface area (Å²) < 4.78 is 5.74. The van der Waals surface area contributed by atoms with E-state index in [1.807, 2.05) is 6.07 Å². The lowest BCUT2D eigenvalue weighted by Gasteiger charge is -2.27. The molecule has 2 aromatic carbocycles. The molecule has 0 bridgehead atoms. The standard InChI is InChI=1S/C15H14O4/c16-11-3-1-2-10(6-11)15-12-8-14(18)13(17)7-9(12)4-5-19-15/h1-3,6-8,15-18H,4-5H2. The zero-order valence-corrected chi connectivity index (χ0v) is 10.2. The van der Waals surface area contributed by atoms with Crippen LogP contribution in [0.1, 0.15) is 22.8 Å². The molecule has 3 N–H and O–H groups in total. The number of phenols is 3. The van der Waals surface area contributed by atoms with Crippen molar-refractivity contribution in [3.05, 3.63) is 53.1 Å². The van der Waals surface area contributed by atoms with E-state index in [0.717, 1.165) is 16.7 Å². The summed E-state index contributed by atoms with van der Waals surface area (Å²) in [4.78, 5) is 0. The molecule has 98 valence electrons. The van der Waals surface area contributed by atoms with Gasteiger partial charge >= 0.3 is 0 Å². The van der Waals surface area contributed by atoms with Crippen molar-refractivity contribution in [3.8, 4) is 17.2 Å². The van der Waals surface area contributed by atoms with Crippen LogP contribution in [-0.4, -0.2) is 21.9 Å². The minimum atomic E-state index is -0.331. The normalized spacial score (nSPS) is 18.0. The number of benzene rings is 2. The highest BCUT2D eigenvalue weighted by Crippen LogP contribution is 2.39. The Kier molecular flexibility index (Phi) is 2.80. The zero-order valence-electron chi connectivity index (χ0n) is 10.2. The molecule has 1 atom stereocenters. The summed E-state index contributed by atoms with van der Waals surface area (Å²) in [5, 5.41) is 28.7. The number of aromatic hydroxyl groups is 3. The van der Waals surface area contributed by atoms with Gasteiger partial charge in [-0.05, 0) is 47.4 Å². The zero-order chi connectivity index (χ0) is 13.4. The molecule has 0 spiro atoms. The first kappa shape index (κ1) is 11.9. The molecule has 0 saturated carbocycles. The summed E-state index contributed by atoms with van der Waals surface area (Å²) in [5.74, 6) is -0.0964. The highest BCUT2D eigenvalue weighted by molar-refractivity contribution is 5.49. The van der Waals surface area contributed by atoms with Crippen molar-refractivity contribution in [2.45, 2.75) is 12.5 Å². The van der Waals surface area contributed by atoms with Gasteiger partial charge in [-0.15, -0.1) is 0 Å². The fraction of sp³-hybridized carbons (Fsp3) is 0.200. The predicted octanol–water partition coefficient (Wildman–Crippen LogP) is 2.47. The number of hydrogen-bond donors (Lipinski definition) is 3. The first-order valence-corrected chi connectivity index (χ1v) is 6.10. The van der Waals surface area contributed by atoms with Crippen molar-refractivity contribution in [3.63, 3.8) is 0 Å². The molecule has 1 unspecified atom stereocenters. The highest BCUT2D eigenvalue weighted by atomic mass is 16.5. The molecule has 0 saturated heterocycles. The first-order chi connectivity index (χ1) is 9.15. The predicted molar refractivity (Wildman–Crippen MR) is 69.4 cm³/mol. The van der Waals surface area contributed by atoms with Crippen molar-refractivity contribution in [2.24, 2.45) is 0 Å². The molecule has 1 aliphatic heterocycles. The van der Waals surface area contributed by atoms with E-state index in [0.29, 0.717) is 13.0 Å². The Balaban J connectivity index is 2.10. The number of fused-ring (bicyclic) bond motifs is 1. The lowest BCUT2D eigenvalue weighted by Crippen LogP contribution is -2.17. The van der Waals surface area contributed by atoms with Crippen LogP contribution in [0.2, 0.25) is 0 Å². The maximum Gasteiger partial charge on any atom is 0.157 e. The monoisotopic (exact) mass is 258 g/mol. The van der Waals surface area contributed by atoms with Crippen molar-refractivity contribution in [2.75, 3.05) is 6.61 Å². The van der Waals surface area contributed by atoms with Crippen molar-refractivity contribution < 1.29 is 20.1 Å². The van der Waals surface area contributed by atoms with Gasteiger partial charge in [0.1, 0.15) is 11.9 Å². The van der Waals surface area contributed by atoms with Crippen LogP contribution in [0.5, 0.6) is 17.2 Å². The number of ether oxygens (including phenoxy) is 1. The second kappa shape index (κ2) is 4.48. The second-order valence-electron chi connectivity index (χ2n) is 4.64. The van der Waals surface area contributed by atoms with E-state index in [2.05, 4.69) is 0 Å². The van der Waals surface area contributed by atoms with E-state index in [1.165, 1.54) is 6.07 Å². The Morgan fingerprint density at radius 2 is 1.79 bits per heavy atom. The van der Waals surface area contributed by atoms with Crippen molar-refractivity contribution >= 4 is 0 Å². The van der Waals surface area contributed by atoms with E-state index < -0.39 is 0 Å². The molecule has 0 radical (unpaired) electrons. The lowest BCUT2D eigenvalue weighted by molar-refractivity contribution is 0.0693. The topological polar surface area (TPSA) is 69.9 Å². The van der Waals surface area contributed by atoms with Crippen LogP contribution >= 0.6 is 0 Å². The van der Waals surface area contributed by atoms with Gasteiger partial charge in [0.25, 0.3) is 0 Å². The maximum absolute atomic E-state index is 9.64. The Morgan fingerprint density at radius 3 is 2.58 bits per heavy atom. The van der Waals surface area contributed by atoms with Gasteiger partial charge in [-0.25, -0.2) is 0 Å². The summed E-state index contributed by atoms with van der Waals surface area (Å²) in [6.45, 7) is 0.539. The van der Waals surface area contributed by atoms with Gasteiger partial charge in [0.15, 0.2) is 11.5 Å². The molecule has 0 aliphatic carbocycles. The minimum absolute atomic E-state index is 0.115. The third kappa shape index (κ3) is 2.11. The largest absolute Gasteiger partial charge is 0.508 e. The lowest BCUT2D eigenvalue weighted by atomic mass is 9.92. The minimum Gasteiger partial charge on any atom is -0.508 e. The van der Waals surface area contributed by atoms with Crippen LogP contribution in [0.4, 0.5) is 0 Å². The van der Waals surface area contributed by atoms with E-state index in [4.69, 9.17) is 4.74 Å². The molecular weight excluding hydrogens is 244 g/mol. The quantitative estimate of drug-likeness (QED) is 0.687. The Morgan fingerprint density at radius 1 is 1.00 bits per heavy atom. The second-order valence-corrected chi connectivity index (χ2v) is 4.64. The molecule has 0 aromatic heterocycles. The molecule has 19 heavy (non-hydrogen) atoms. The van der Waals surface area contributed by atoms with E-state index in [-0.39, 0.29) is 23.4 Å². The van der Waals surface area contributed by atoms with Gasteiger partial charge in [-0.1, -0.05) is 12.1 Å². The average molecular weight is 258 g/mol. The van der Waals surface area contributed by atoms with E-state index >= 15 is 0 Å². The molecule has 1 aliphatic rings. The van der Waals surface area contributed by atoms with Gasteiger partial charge in [0.05, 0.1) is 6.61 Å². The smallest absolute Gasteiger partial charge is 0.157 e. The molecule has 0 amide bonds. The summed E-state index contributed by atoms with van der Waals surface area (Å²) in [6, 6.07) is 9.96. The fourth-order valence-corrected chi connectivity index (χ4v) is 2.44. The van der Waals surface area contributed by atoms with Gasteiger partial charge in [0.2, 0.25) is 0 Å². The molecular formula is C15H14O4. The number of hydrogen-bond acceptors (Lipinski definition) is 4. The molecule has 0 fully saturated rings. The number of phenolic OH excluding ortho intramolecular Hbond substituents is 3. The molecule has 3 rings (SSSR count). The van der Waals surface area contributed by atoms with Gasteiger partial charge < -0.3 is 20.1 Å². The average Bonchev–Trinajstić information content (AvgIpc) is 2.39. The Hall–Kier alpha value is -2.20. The van der Waals surface area contributed by atoms with Crippen LogP contribution < -0.4 is 0 Å². The first-order valence-electron chi connectivity index (χ1n) is 6.10. The summed E-state index contributed by atoms with van der Waals surface area (Å²) in [5.41, 5.74) is 2.60. The van der Waals surface area contributed by atoms with Crippen LogP contribution in [0.15, 0.2) is 36.4 Å². The van der Waals surface area contributed by atoms with Crippen LogP contribution in [0.3, 0.4) is 0 Å². The Labute approximate surface area is 110 Å². The van der Waals surface area contributed by atoms with Crippen LogP contribution in [0, 0.1) is 0 Å². The Bertz CT molecular complexity index is 622. The molecule has 2 aromatic rings. The summed E-state index contributed by atoms with van der Waals surface area (Å²) >= 11 is 0. The molecule has 1 heterocycles. The third-order valence-corrected chi connectivity index (χ3v) is 3.35. The van der Waals surface area contributed by atoms with Gasteiger partial charge in [0, 0.05) is 0 Å². The summed E-state index contributed by atoms with van der Waals surface area (Å²) in [7, 11) is 0. The molecule has 4 nitrogen and oxygen atoms in total. The third-order valence-electron chi connectivity index (χ3n) is 3.35.